The van der Waals surface area contributed by atoms with Gasteiger partial charge in [-0.1, -0.05) is 12.1 Å². The number of benzene rings is 1. The van der Waals surface area contributed by atoms with Crippen molar-refractivity contribution < 1.29 is 0 Å². The quantitative estimate of drug-likeness (QED) is 0.707. The number of halogens is 1. The van der Waals surface area contributed by atoms with Crippen LogP contribution >= 0.6 is 22.6 Å². The van der Waals surface area contributed by atoms with Crippen molar-refractivity contribution in [2.45, 2.75) is 13.8 Å². The number of aromatic nitrogens is 6. The number of nitrogens with zero attached hydrogens (tertiary/aromatic N) is 5. The van der Waals surface area contributed by atoms with Gasteiger partial charge in [0, 0.05) is 0 Å². The van der Waals surface area contributed by atoms with Gasteiger partial charge in [0.25, 0.3) is 0 Å². The molecule has 2 aromatic heterocycles. The zero-order valence-corrected chi connectivity index (χ0v) is 12.6. The predicted octanol–water partition coefficient (Wildman–Crippen LogP) is 2.27. The predicted molar refractivity (Wildman–Crippen MR) is 78.9 cm³/mol. The molecule has 1 aromatic carbocycles. The molecular formula is C12H11IN6. The molecule has 96 valence electrons. The van der Waals surface area contributed by atoms with E-state index in [9.17, 15) is 0 Å². The first-order valence-corrected chi connectivity index (χ1v) is 6.80. The summed E-state index contributed by atoms with van der Waals surface area (Å²) in [5.74, 6) is 0.556. The zero-order valence-electron chi connectivity index (χ0n) is 10.4. The van der Waals surface area contributed by atoms with Crippen LogP contribution in [0.4, 0.5) is 0 Å². The molecule has 7 heteroatoms. The third-order valence-electron chi connectivity index (χ3n) is 3.10. The molecule has 0 aliphatic rings. The Morgan fingerprint density at radius 3 is 2.84 bits per heavy atom. The number of rotatable bonds is 2. The van der Waals surface area contributed by atoms with Crippen LogP contribution in [0.5, 0.6) is 0 Å². The average Bonchev–Trinajstić information content (AvgIpc) is 3.02. The molecule has 2 heterocycles. The van der Waals surface area contributed by atoms with Gasteiger partial charge in [-0.2, -0.15) is 10.3 Å². The minimum atomic E-state index is 0.556. The van der Waals surface area contributed by atoms with Gasteiger partial charge in [0.2, 0.25) is 5.82 Å². The van der Waals surface area contributed by atoms with Crippen molar-refractivity contribution in [2.75, 3.05) is 0 Å². The molecule has 0 aliphatic heterocycles. The number of H-pyrrole nitrogens is 1. The van der Waals surface area contributed by atoms with Crippen molar-refractivity contribution in [3.8, 4) is 17.1 Å². The molecule has 6 nitrogen and oxygen atoms in total. The molecule has 0 fully saturated rings. The smallest absolute Gasteiger partial charge is 0.208 e. The third-order valence-corrected chi connectivity index (χ3v) is 4.14. The van der Waals surface area contributed by atoms with Crippen molar-refractivity contribution in [1.29, 1.82) is 0 Å². The maximum absolute atomic E-state index is 4.43. The normalized spacial score (nSPS) is 10.9. The zero-order chi connectivity index (χ0) is 13.4. The molecule has 3 aromatic rings. The Hall–Kier alpha value is -1.77. The summed E-state index contributed by atoms with van der Waals surface area (Å²) in [6.45, 7) is 4.19. The molecule has 0 atom stereocenters. The Kier molecular flexibility index (Phi) is 3.05. The fraction of sp³-hybridized carbons (Fsp3) is 0.167. The lowest BCUT2D eigenvalue weighted by Gasteiger charge is -2.09. The molecule has 0 radical (unpaired) electrons. The highest BCUT2D eigenvalue weighted by atomic mass is 127. The molecular weight excluding hydrogens is 355 g/mol. The summed E-state index contributed by atoms with van der Waals surface area (Å²) in [6.07, 6.45) is 1.76. The summed E-state index contributed by atoms with van der Waals surface area (Å²) in [6, 6.07) is 6.18. The van der Waals surface area contributed by atoms with E-state index in [0.29, 0.717) is 5.82 Å². The lowest BCUT2D eigenvalue weighted by molar-refractivity contribution is 0.849. The lowest BCUT2D eigenvalue weighted by Crippen LogP contribution is -2.02. The van der Waals surface area contributed by atoms with E-state index in [2.05, 4.69) is 74.3 Å². The Labute approximate surface area is 123 Å². The van der Waals surface area contributed by atoms with E-state index in [1.165, 1.54) is 11.1 Å². The van der Waals surface area contributed by atoms with Crippen LogP contribution in [-0.2, 0) is 0 Å². The van der Waals surface area contributed by atoms with Gasteiger partial charge >= 0.3 is 0 Å². The van der Waals surface area contributed by atoms with Crippen LogP contribution in [-0.4, -0.2) is 30.4 Å². The van der Waals surface area contributed by atoms with Crippen LogP contribution in [0.15, 0.2) is 24.4 Å². The first kappa shape index (κ1) is 12.3. The SMILES string of the molecule is Cc1cccc(-n2ncc(-c3nn[nH]n3)c2I)c1C. The minimum absolute atomic E-state index is 0.556. The number of hydrogen-bond donors (Lipinski definition) is 1. The Morgan fingerprint density at radius 1 is 1.26 bits per heavy atom. The van der Waals surface area contributed by atoms with E-state index in [-0.39, 0.29) is 0 Å². The number of hydrogen-bond acceptors (Lipinski definition) is 4. The van der Waals surface area contributed by atoms with Crippen molar-refractivity contribution in [1.82, 2.24) is 30.4 Å². The molecule has 0 saturated heterocycles. The third kappa shape index (κ3) is 2.03. The van der Waals surface area contributed by atoms with Crippen LogP contribution in [0, 0.1) is 17.5 Å². The minimum Gasteiger partial charge on any atom is -0.227 e. The Balaban J connectivity index is 2.15. The van der Waals surface area contributed by atoms with Gasteiger partial charge in [0.05, 0.1) is 17.4 Å². The van der Waals surface area contributed by atoms with Gasteiger partial charge in [0.1, 0.15) is 3.70 Å². The summed E-state index contributed by atoms with van der Waals surface area (Å²) in [4.78, 5) is 0. The second-order valence-corrected chi connectivity index (χ2v) is 5.24. The Bertz CT molecular complexity index is 716. The molecule has 0 spiro atoms. The molecule has 1 N–H and O–H groups in total. The maximum atomic E-state index is 4.43. The number of aromatic amines is 1. The first-order chi connectivity index (χ1) is 9.18. The largest absolute Gasteiger partial charge is 0.227 e. The molecule has 0 bridgehead atoms. The summed E-state index contributed by atoms with van der Waals surface area (Å²) in [5.41, 5.74) is 4.39. The lowest BCUT2D eigenvalue weighted by atomic mass is 10.1. The fourth-order valence-electron chi connectivity index (χ4n) is 1.89. The number of tetrazole rings is 1. The van der Waals surface area contributed by atoms with Crippen LogP contribution in [0.25, 0.3) is 17.1 Å². The van der Waals surface area contributed by atoms with Gasteiger partial charge in [0.15, 0.2) is 0 Å². The molecule has 0 aliphatic carbocycles. The van der Waals surface area contributed by atoms with E-state index in [0.717, 1.165) is 15.0 Å². The van der Waals surface area contributed by atoms with E-state index >= 15 is 0 Å². The summed E-state index contributed by atoms with van der Waals surface area (Å²) in [5, 5.41) is 18.4. The first-order valence-electron chi connectivity index (χ1n) is 5.72. The highest BCUT2D eigenvalue weighted by Gasteiger charge is 2.15. The molecule has 19 heavy (non-hydrogen) atoms. The van der Waals surface area contributed by atoms with E-state index < -0.39 is 0 Å². The van der Waals surface area contributed by atoms with Crippen LogP contribution in [0.2, 0.25) is 0 Å². The second kappa shape index (κ2) is 4.72. The van der Waals surface area contributed by atoms with Gasteiger partial charge in [-0.3, -0.25) is 0 Å². The van der Waals surface area contributed by atoms with Crippen molar-refractivity contribution in [2.24, 2.45) is 0 Å². The van der Waals surface area contributed by atoms with Crippen LogP contribution in [0.3, 0.4) is 0 Å². The van der Waals surface area contributed by atoms with E-state index in [1.807, 2.05) is 10.7 Å². The molecule has 3 rings (SSSR count). The van der Waals surface area contributed by atoms with Gasteiger partial charge in [-0.15, -0.1) is 10.2 Å². The van der Waals surface area contributed by atoms with Crippen molar-refractivity contribution in [3.63, 3.8) is 0 Å². The van der Waals surface area contributed by atoms with Gasteiger partial charge in [-0.05, 0) is 58.8 Å². The summed E-state index contributed by atoms with van der Waals surface area (Å²) in [7, 11) is 0. The standard InChI is InChI=1S/C12H11IN6/c1-7-4-3-5-10(8(7)2)19-11(13)9(6-14-19)12-15-17-18-16-12/h3-6H,1-2H3,(H,15,16,17,18). The molecule has 0 amide bonds. The van der Waals surface area contributed by atoms with Gasteiger partial charge < -0.3 is 0 Å². The second-order valence-electron chi connectivity index (χ2n) is 4.22. The van der Waals surface area contributed by atoms with E-state index in [1.54, 1.807) is 6.20 Å². The number of nitrogens with one attached hydrogen (secondary N) is 1. The van der Waals surface area contributed by atoms with Crippen LogP contribution < -0.4 is 0 Å². The van der Waals surface area contributed by atoms with Gasteiger partial charge in [-0.25, -0.2) is 4.68 Å². The van der Waals surface area contributed by atoms with Crippen molar-refractivity contribution in [3.05, 3.63) is 39.2 Å². The van der Waals surface area contributed by atoms with E-state index in [4.69, 9.17) is 0 Å². The highest BCUT2D eigenvalue weighted by molar-refractivity contribution is 14.1. The van der Waals surface area contributed by atoms with Crippen molar-refractivity contribution >= 4 is 22.6 Å². The molecule has 0 unspecified atom stereocenters. The highest BCUT2D eigenvalue weighted by Crippen LogP contribution is 2.25. The topological polar surface area (TPSA) is 72.3 Å². The number of aryl methyl sites for hydroxylation is 1. The summed E-state index contributed by atoms with van der Waals surface area (Å²) < 4.78 is 2.86. The average molecular weight is 366 g/mol. The summed E-state index contributed by atoms with van der Waals surface area (Å²) >= 11 is 2.25. The molecule has 0 saturated carbocycles. The van der Waals surface area contributed by atoms with Crippen LogP contribution in [0.1, 0.15) is 11.1 Å². The monoisotopic (exact) mass is 366 g/mol. The maximum Gasteiger partial charge on any atom is 0.208 e. The Morgan fingerprint density at radius 2 is 2.11 bits per heavy atom. The fourth-order valence-corrected chi connectivity index (χ4v) is 2.66.